The van der Waals surface area contributed by atoms with E-state index in [0.29, 0.717) is 0 Å². The summed E-state index contributed by atoms with van der Waals surface area (Å²) >= 11 is 0. The van der Waals surface area contributed by atoms with Gasteiger partial charge < -0.3 is 0 Å². The van der Waals surface area contributed by atoms with Gasteiger partial charge in [-0.15, -0.1) is 0 Å². The van der Waals surface area contributed by atoms with Gasteiger partial charge in [0.05, 0.1) is 5.41 Å². The van der Waals surface area contributed by atoms with Gasteiger partial charge in [-0.05, 0) is 56.9 Å². The fraction of sp³-hybridized carbons (Fsp3) is 0.292. The van der Waals surface area contributed by atoms with Crippen LogP contribution in [0.15, 0.2) is 96.7 Å². The summed E-state index contributed by atoms with van der Waals surface area (Å²) in [5.74, 6) is 0.127. The number of Topliss-reactive ketones (excluding diaryl/α,β-unsaturated/α-hetero) is 1. The molecule has 0 saturated carbocycles. The monoisotopic (exact) mass is 334 g/mol. The molecule has 0 aromatic carbocycles. The van der Waals surface area contributed by atoms with Crippen LogP contribution in [0.5, 0.6) is 0 Å². The molecule has 1 unspecified atom stereocenters. The van der Waals surface area contributed by atoms with Crippen molar-refractivity contribution in [2.45, 2.75) is 34.6 Å². The predicted molar refractivity (Wildman–Crippen MR) is 110 cm³/mol. The lowest BCUT2D eigenvalue weighted by Crippen LogP contribution is -2.38. The van der Waals surface area contributed by atoms with E-state index in [9.17, 15) is 4.79 Å². The molecule has 0 heterocycles. The number of ketones is 1. The first-order valence-corrected chi connectivity index (χ1v) is 8.64. The lowest BCUT2D eigenvalue weighted by molar-refractivity contribution is -0.128. The number of carbonyl (C=O) groups excluding carboxylic acids is 1. The average Bonchev–Trinajstić information content (AvgIpc) is 2.76. The third-order valence-corrected chi connectivity index (χ3v) is 4.85. The number of hydrogen-bond donors (Lipinski definition) is 0. The van der Waals surface area contributed by atoms with E-state index in [0.717, 1.165) is 22.3 Å². The van der Waals surface area contributed by atoms with Crippen molar-refractivity contribution in [2.75, 3.05) is 0 Å². The van der Waals surface area contributed by atoms with Gasteiger partial charge in [0.1, 0.15) is 5.41 Å². The predicted octanol–water partition coefficient (Wildman–Crippen LogP) is 6.46. The Balaban J connectivity index is 4.17. The largest absolute Gasteiger partial charge is 0.297 e. The number of allylic oxidation sites excluding steroid dienone is 13. The molecule has 1 aliphatic rings. The zero-order valence-corrected chi connectivity index (χ0v) is 16.2. The quantitative estimate of drug-likeness (QED) is 0.488. The van der Waals surface area contributed by atoms with Crippen molar-refractivity contribution in [3.63, 3.8) is 0 Å². The van der Waals surface area contributed by atoms with E-state index in [1.54, 1.807) is 18.2 Å². The summed E-state index contributed by atoms with van der Waals surface area (Å²) in [6, 6.07) is 0. The summed E-state index contributed by atoms with van der Waals surface area (Å²) in [5.41, 5.74) is 2.09. The van der Waals surface area contributed by atoms with Crippen LogP contribution in [0.4, 0.5) is 0 Å². The van der Waals surface area contributed by atoms with Crippen molar-refractivity contribution >= 4 is 5.78 Å². The van der Waals surface area contributed by atoms with E-state index in [-0.39, 0.29) is 5.78 Å². The lowest BCUT2D eigenvalue weighted by atomic mass is 9.65. The highest BCUT2D eigenvalue weighted by atomic mass is 16.1. The van der Waals surface area contributed by atoms with Gasteiger partial charge in [-0.25, -0.2) is 0 Å². The zero-order valence-electron chi connectivity index (χ0n) is 16.2. The van der Waals surface area contributed by atoms with Crippen LogP contribution in [0.3, 0.4) is 0 Å². The molecule has 0 spiro atoms. The maximum atomic E-state index is 13.8. The Labute approximate surface area is 153 Å². The molecule has 1 aliphatic carbocycles. The molecule has 1 rings (SSSR count). The molecule has 0 fully saturated rings. The van der Waals surface area contributed by atoms with E-state index in [2.05, 4.69) is 19.7 Å². The fourth-order valence-corrected chi connectivity index (χ4v) is 3.85. The molecule has 0 radical (unpaired) electrons. The SMILES string of the molecule is C=C/C=C(\C=C/C)C1(C(/C=C\C)=C/C)C(=O)C(C)(C)C(C=C)=C1C=C. The van der Waals surface area contributed by atoms with Crippen LogP contribution >= 0.6 is 0 Å². The average molecular weight is 335 g/mol. The molecule has 1 heteroatoms. The van der Waals surface area contributed by atoms with Gasteiger partial charge in [-0.2, -0.15) is 0 Å². The molecule has 132 valence electrons. The van der Waals surface area contributed by atoms with Crippen LogP contribution in [0.1, 0.15) is 34.6 Å². The molecule has 0 bridgehead atoms. The highest BCUT2D eigenvalue weighted by molar-refractivity contribution is 6.06. The molecular weight excluding hydrogens is 304 g/mol. The molecule has 0 amide bonds. The van der Waals surface area contributed by atoms with E-state index in [1.807, 2.05) is 71.1 Å². The standard InChI is InChI=1S/C24H30O/c1-9-15-18(12-4)24(19(16-10-2)17-11-3)21(14-6)20(13-5)23(7,8)22(24)25/h9-17H,2,5-6H2,1,3-4,7-8H3/b15-9-,17-11-,18-12+,19-16+. The van der Waals surface area contributed by atoms with Gasteiger partial charge in [0, 0.05) is 0 Å². The second-order valence-electron chi connectivity index (χ2n) is 6.54. The Kier molecular flexibility index (Phi) is 6.70. The normalized spacial score (nSPS) is 24.4. The third kappa shape index (κ3) is 3.00. The van der Waals surface area contributed by atoms with Crippen LogP contribution in [0.25, 0.3) is 0 Å². The Hall–Kier alpha value is -2.41. The van der Waals surface area contributed by atoms with Crippen LogP contribution in [-0.2, 0) is 4.79 Å². The van der Waals surface area contributed by atoms with Gasteiger partial charge in [0.15, 0.2) is 5.78 Å². The maximum absolute atomic E-state index is 13.8. The summed E-state index contributed by atoms with van der Waals surface area (Å²) in [4.78, 5) is 13.8. The van der Waals surface area contributed by atoms with Gasteiger partial charge in [0.25, 0.3) is 0 Å². The summed E-state index contributed by atoms with van der Waals surface area (Å²) in [7, 11) is 0. The number of rotatable bonds is 7. The van der Waals surface area contributed by atoms with Gasteiger partial charge in [0.2, 0.25) is 0 Å². The minimum atomic E-state index is -0.906. The van der Waals surface area contributed by atoms with Crippen LogP contribution in [0.2, 0.25) is 0 Å². The van der Waals surface area contributed by atoms with Gasteiger partial charge in [-0.3, -0.25) is 4.79 Å². The Bertz CT molecular complexity index is 732. The number of carbonyl (C=O) groups is 1. The molecule has 0 aromatic rings. The summed E-state index contributed by atoms with van der Waals surface area (Å²) < 4.78 is 0. The van der Waals surface area contributed by atoms with E-state index >= 15 is 0 Å². The lowest BCUT2D eigenvalue weighted by Gasteiger charge is -2.35. The first-order valence-electron chi connectivity index (χ1n) is 8.64. The van der Waals surface area contributed by atoms with Crippen LogP contribution in [0, 0.1) is 10.8 Å². The van der Waals surface area contributed by atoms with Crippen molar-refractivity contribution in [1.29, 1.82) is 0 Å². The zero-order chi connectivity index (χ0) is 19.3. The Morgan fingerprint density at radius 1 is 0.880 bits per heavy atom. The number of hydrogen-bond acceptors (Lipinski definition) is 1. The second kappa shape index (κ2) is 8.11. The maximum Gasteiger partial charge on any atom is 0.162 e. The third-order valence-electron chi connectivity index (χ3n) is 4.85. The Morgan fingerprint density at radius 3 is 1.80 bits per heavy atom. The highest BCUT2D eigenvalue weighted by Gasteiger charge is 2.58. The van der Waals surface area contributed by atoms with Gasteiger partial charge in [-0.1, -0.05) is 74.4 Å². The van der Waals surface area contributed by atoms with Crippen LogP contribution in [-0.4, -0.2) is 5.78 Å². The minimum Gasteiger partial charge on any atom is -0.297 e. The molecule has 25 heavy (non-hydrogen) atoms. The first-order chi connectivity index (χ1) is 11.8. The summed E-state index contributed by atoms with van der Waals surface area (Å²) in [6.45, 7) is 21.6. The summed E-state index contributed by atoms with van der Waals surface area (Å²) in [6.07, 6.45) is 17.1. The second-order valence-corrected chi connectivity index (χ2v) is 6.54. The summed E-state index contributed by atoms with van der Waals surface area (Å²) in [5, 5.41) is 0. The smallest absolute Gasteiger partial charge is 0.162 e. The molecule has 0 aliphatic heterocycles. The fourth-order valence-electron chi connectivity index (χ4n) is 3.85. The van der Waals surface area contributed by atoms with Crippen molar-refractivity contribution in [3.8, 4) is 0 Å². The van der Waals surface area contributed by atoms with Crippen molar-refractivity contribution in [2.24, 2.45) is 10.8 Å². The molecule has 1 nitrogen and oxygen atoms in total. The van der Waals surface area contributed by atoms with Crippen molar-refractivity contribution in [3.05, 3.63) is 96.7 Å². The molecular formula is C24H30O. The highest BCUT2D eigenvalue weighted by Crippen LogP contribution is 2.58. The van der Waals surface area contributed by atoms with E-state index < -0.39 is 10.8 Å². The topological polar surface area (TPSA) is 17.1 Å². The van der Waals surface area contributed by atoms with Crippen molar-refractivity contribution < 1.29 is 4.79 Å². The van der Waals surface area contributed by atoms with Crippen molar-refractivity contribution in [1.82, 2.24) is 0 Å². The van der Waals surface area contributed by atoms with E-state index in [1.165, 1.54) is 0 Å². The van der Waals surface area contributed by atoms with E-state index in [4.69, 9.17) is 0 Å². The molecule has 1 atom stereocenters. The molecule has 0 N–H and O–H groups in total. The molecule has 0 aromatic heterocycles. The minimum absolute atomic E-state index is 0.127. The molecule has 0 saturated heterocycles. The first kappa shape index (κ1) is 20.6. The van der Waals surface area contributed by atoms with Crippen LogP contribution < -0.4 is 0 Å². The van der Waals surface area contributed by atoms with Gasteiger partial charge >= 0.3 is 0 Å². The Morgan fingerprint density at radius 2 is 1.40 bits per heavy atom.